The molecular formula is C15H21NO. The monoisotopic (exact) mass is 231 g/mol. The highest BCUT2D eigenvalue weighted by atomic mass is 16.2. The molecule has 0 N–H and O–H groups in total. The Kier molecular flexibility index (Phi) is 4.50. The summed E-state index contributed by atoms with van der Waals surface area (Å²) in [6.07, 6.45) is 3.54. The van der Waals surface area contributed by atoms with Crippen molar-refractivity contribution in [2.45, 2.75) is 27.7 Å². The summed E-state index contributed by atoms with van der Waals surface area (Å²) in [4.78, 5) is 13.3. The molecule has 1 rings (SSSR count). The summed E-state index contributed by atoms with van der Waals surface area (Å²) < 4.78 is 0. The Balaban J connectivity index is 2.92. The number of carbonyl (C=O) groups is 1. The van der Waals surface area contributed by atoms with Gasteiger partial charge in [0.05, 0.1) is 0 Å². The van der Waals surface area contributed by atoms with Crippen LogP contribution in [0.3, 0.4) is 0 Å². The molecule has 0 radical (unpaired) electrons. The van der Waals surface area contributed by atoms with E-state index in [9.17, 15) is 4.79 Å². The minimum Gasteiger partial charge on any atom is -0.343 e. The van der Waals surface area contributed by atoms with Gasteiger partial charge in [0.1, 0.15) is 0 Å². The molecule has 0 bridgehead atoms. The van der Waals surface area contributed by atoms with Gasteiger partial charge in [0.25, 0.3) is 0 Å². The normalized spacial score (nSPS) is 10.9. The molecule has 2 heteroatoms. The Morgan fingerprint density at radius 1 is 1.18 bits per heavy atom. The van der Waals surface area contributed by atoms with Crippen molar-refractivity contribution < 1.29 is 4.79 Å². The quantitative estimate of drug-likeness (QED) is 0.732. The van der Waals surface area contributed by atoms with Crippen LogP contribution in [0.2, 0.25) is 0 Å². The maximum absolute atomic E-state index is 11.6. The van der Waals surface area contributed by atoms with E-state index in [1.54, 1.807) is 18.0 Å². The van der Waals surface area contributed by atoms with Crippen LogP contribution in [0.15, 0.2) is 18.2 Å². The first-order valence-corrected chi connectivity index (χ1v) is 5.96. The Hall–Kier alpha value is -1.57. The lowest BCUT2D eigenvalue weighted by molar-refractivity contribution is -0.124. The molecule has 0 aromatic heterocycles. The summed E-state index contributed by atoms with van der Waals surface area (Å²) in [6, 6.07) is 4.28. The average molecular weight is 231 g/mol. The number of hydrogen-bond acceptors (Lipinski definition) is 1. The Morgan fingerprint density at radius 2 is 1.76 bits per heavy atom. The van der Waals surface area contributed by atoms with Gasteiger partial charge in [-0.1, -0.05) is 12.1 Å². The highest BCUT2D eigenvalue weighted by Crippen LogP contribution is 2.16. The van der Waals surface area contributed by atoms with Crippen LogP contribution in [0.5, 0.6) is 0 Å². The summed E-state index contributed by atoms with van der Waals surface area (Å²) in [7, 11) is 1.81. The van der Waals surface area contributed by atoms with Crippen LogP contribution < -0.4 is 0 Å². The molecule has 1 amide bonds. The van der Waals surface area contributed by atoms with Crippen molar-refractivity contribution >= 4 is 12.0 Å². The van der Waals surface area contributed by atoms with Crippen molar-refractivity contribution in [1.29, 1.82) is 0 Å². The maximum Gasteiger partial charge on any atom is 0.246 e. The van der Waals surface area contributed by atoms with Crippen LogP contribution in [0.4, 0.5) is 0 Å². The van der Waals surface area contributed by atoms with Gasteiger partial charge < -0.3 is 4.90 Å². The number of hydrogen-bond donors (Lipinski definition) is 0. The highest BCUT2D eigenvalue weighted by molar-refractivity contribution is 5.91. The first-order valence-electron chi connectivity index (χ1n) is 5.96. The first-order chi connectivity index (χ1) is 7.95. The maximum atomic E-state index is 11.6. The average Bonchev–Trinajstić information content (AvgIpc) is 2.30. The van der Waals surface area contributed by atoms with Crippen LogP contribution in [-0.2, 0) is 4.79 Å². The van der Waals surface area contributed by atoms with E-state index >= 15 is 0 Å². The van der Waals surface area contributed by atoms with Gasteiger partial charge in [-0.15, -0.1) is 0 Å². The summed E-state index contributed by atoms with van der Waals surface area (Å²) in [5.41, 5.74) is 4.87. The van der Waals surface area contributed by atoms with E-state index in [0.29, 0.717) is 0 Å². The van der Waals surface area contributed by atoms with E-state index < -0.39 is 0 Å². The third kappa shape index (κ3) is 3.45. The summed E-state index contributed by atoms with van der Waals surface area (Å²) in [5.74, 6) is 0.0464. The topological polar surface area (TPSA) is 20.3 Å². The van der Waals surface area contributed by atoms with Gasteiger partial charge in [0, 0.05) is 19.7 Å². The fourth-order valence-corrected chi connectivity index (χ4v) is 1.61. The number of nitrogens with zero attached hydrogens (tertiary/aromatic N) is 1. The number of rotatable bonds is 3. The van der Waals surface area contributed by atoms with Crippen LogP contribution in [0, 0.1) is 20.8 Å². The standard InChI is InChI=1S/C15H21NO/c1-6-16(5)15(17)8-7-14-10-12(3)11(2)9-13(14)4/h7-10H,6H2,1-5H3/b8-7+. The van der Waals surface area contributed by atoms with Crippen molar-refractivity contribution in [2.24, 2.45) is 0 Å². The Bertz CT molecular complexity index is 446. The van der Waals surface area contributed by atoms with E-state index in [1.807, 2.05) is 13.0 Å². The smallest absolute Gasteiger partial charge is 0.246 e. The molecule has 1 aromatic carbocycles. The van der Waals surface area contributed by atoms with Gasteiger partial charge in [0.2, 0.25) is 5.91 Å². The Morgan fingerprint density at radius 3 is 2.35 bits per heavy atom. The zero-order valence-corrected chi connectivity index (χ0v) is 11.4. The second-order valence-electron chi connectivity index (χ2n) is 4.48. The molecule has 1 aromatic rings. The molecule has 0 fully saturated rings. The molecule has 0 aliphatic rings. The predicted molar refractivity (Wildman–Crippen MR) is 73.0 cm³/mol. The number of carbonyl (C=O) groups excluding carboxylic acids is 1. The molecular weight excluding hydrogens is 210 g/mol. The number of aryl methyl sites for hydroxylation is 3. The van der Waals surface area contributed by atoms with Crippen LogP contribution in [0.1, 0.15) is 29.2 Å². The van der Waals surface area contributed by atoms with Gasteiger partial charge in [-0.05, 0) is 56.0 Å². The molecule has 92 valence electrons. The number of amides is 1. The van der Waals surface area contributed by atoms with E-state index in [1.165, 1.54) is 16.7 Å². The van der Waals surface area contributed by atoms with Crippen molar-refractivity contribution in [3.63, 3.8) is 0 Å². The molecule has 0 aliphatic carbocycles. The second kappa shape index (κ2) is 5.67. The van der Waals surface area contributed by atoms with Gasteiger partial charge in [0.15, 0.2) is 0 Å². The molecule has 0 saturated heterocycles. The zero-order chi connectivity index (χ0) is 13.0. The minimum absolute atomic E-state index is 0.0464. The summed E-state index contributed by atoms with van der Waals surface area (Å²) in [6.45, 7) is 8.96. The van der Waals surface area contributed by atoms with Gasteiger partial charge in [-0.3, -0.25) is 4.79 Å². The van der Waals surface area contributed by atoms with Crippen LogP contribution >= 0.6 is 0 Å². The second-order valence-corrected chi connectivity index (χ2v) is 4.48. The third-order valence-corrected chi connectivity index (χ3v) is 3.14. The largest absolute Gasteiger partial charge is 0.343 e. The fourth-order valence-electron chi connectivity index (χ4n) is 1.61. The van der Waals surface area contributed by atoms with E-state index in [2.05, 4.69) is 32.9 Å². The lowest BCUT2D eigenvalue weighted by Crippen LogP contribution is -2.23. The van der Waals surface area contributed by atoms with Crippen LogP contribution in [0.25, 0.3) is 6.08 Å². The Labute approximate surface area is 104 Å². The zero-order valence-electron chi connectivity index (χ0n) is 11.4. The first kappa shape index (κ1) is 13.5. The van der Waals surface area contributed by atoms with E-state index in [4.69, 9.17) is 0 Å². The molecule has 0 spiro atoms. The van der Waals surface area contributed by atoms with Gasteiger partial charge in [-0.2, -0.15) is 0 Å². The lowest BCUT2D eigenvalue weighted by atomic mass is 10.0. The van der Waals surface area contributed by atoms with Crippen molar-refractivity contribution in [3.8, 4) is 0 Å². The predicted octanol–water partition coefficient (Wildman–Crippen LogP) is 3.10. The summed E-state index contributed by atoms with van der Waals surface area (Å²) >= 11 is 0. The fraction of sp³-hybridized carbons (Fsp3) is 0.400. The van der Waals surface area contributed by atoms with Gasteiger partial charge >= 0.3 is 0 Å². The molecule has 0 heterocycles. The SMILES string of the molecule is CCN(C)C(=O)/C=C/c1cc(C)c(C)cc1C. The molecule has 0 aliphatic heterocycles. The van der Waals surface area contributed by atoms with Crippen molar-refractivity contribution in [2.75, 3.05) is 13.6 Å². The number of likely N-dealkylation sites (N-methyl/N-ethyl adjacent to an activating group) is 1. The lowest BCUT2D eigenvalue weighted by Gasteiger charge is -2.11. The molecule has 0 atom stereocenters. The van der Waals surface area contributed by atoms with E-state index in [-0.39, 0.29) is 5.91 Å². The third-order valence-electron chi connectivity index (χ3n) is 3.14. The van der Waals surface area contributed by atoms with Crippen LogP contribution in [-0.4, -0.2) is 24.4 Å². The molecule has 0 unspecified atom stereocenters. The van der Waals surface area contributed by atoms with Gasteiger partial charge in [-0.25, -0.2) is 0 Å². The minimum atomic E-state index is 0.0464. The van der Waals surface area contributed by atoms with Crippen molar-refractivity contribution in [3.05, 3.63) is 40.5 Å². The van der Waals surface area contributed by atoms with E-state index in [0.717, 1.165) is 12.1 Å². The highest BCUT2D eigenvalue weighted by Gasteiger charge is 2.02. The number of benzene rings is 1. The summed E-state index contributed by atoms with van der Waals surface area (Å²) in [5, 5.41) is 0. The van der Waals surface area contributed by atoms with Crippen molar-refractivity contribution in [1.82, 2.24) is 4.90 Å². The molecule has 2 nitrogen and oxygen atoms in total. The molecule has 0 saturated carbocycles. The molecule has 17 heavy (non-hydrogen) atoms.